The van der Waals surface area contributed by atoms with E-state index in [4.69, 9.17) is 0 Å². The van der Waals surface area contributed by atoms with Gasteiger partial charge in [-0.15, -0.1) is 0 Å². The number of hydrogen-bond donors (Lipinski definition) is 1. The van der Waals surface area contributed by atoms with Crippen molar-refractivity contribution in [2.45, 2.75) is 38.8 Å². The largest absolute Gasteiger partial charge is 0.310 e. The highest BCUT2D eigenvalue weighted by Gasteiger charge is 2.23. The van der Waals surface area contributed by atoms with Gasteiger partial charge in [-0.2, -0.15) is 0 Å². The van der Waals surface area contributed by atoms with Gasteiger partial charge in [0.1, 0.15) is 0 Å². The molecular formula is C13H18BrN. The van der Waals surface area contributed by atoms with Gasteiger partial charge in [-0.25, -0.2) is 0 Å². The molecule has 0 saturated heterocycles. The molecule has 0 amide bonds. The SMILES string of the molecule is CC(CC1CC1)NCc1cccc(Br)c1. The Balaban J connectivity index is 1.76. The average Bonchev–Trinajstić information content (AvgIpc) is 2.99. The van der Waals surface area contributed by atoms with Crippen molar-refractivity contribution in [2.24, 2.45) is 5.92 Å². The highest BCUT2D eigenvalue weighted by molar-refractivity contribution is 9.10. The van der Waals surface area contributed by atoms with E-state index < -0.39 is 0 Å². The van der Waals surface area contributed by atoms with Gasteiger partial charge in [-0.1, -0.05) is 40.9 Å². The van der Waals surface area contributed by atoms with Crippen molar-refractivity contribution >= 4 is 15.9 Å². The summed E-state index contributed by atoms with van der Waals surface area (Å²) in [5, 5.41) is 3.58. The molecule has 2 heteroatoms. The normalized spacial score (nSPS) is 17.7. The van der Waals surface area contributed by atoms with E-state index >= 15 is 0 Å². The molecule has 82 valence electrons. The van der Waals surface area contributed by atoms with Crippen LogP contribution in [0.25, 0.3) is 0 Å². The summed E-state index contributed by atoms with van der Waals surface area (Å²) >= 11 is 3.49. The number of rotatable bonds is 5. The first-order valence-corrected chi connectivity index (χ1v) is 6.51. The number of benzene rings is 1. The molecule has 0 bridgehead atoms. The highest BCUT2D eigenvalue weighted by Crippen LogP contribution is 2.33. The van der Waals surface area contributed by atoms with Crippen molar-refractivity contribution in [1.82, 2.24) is 5.32 Å². The quantitative estimate of drug-likeness (QED) is 0.858. The van der Waals surface area contributed by atoms with Gasteiger partial charge < -0.3 is 5.32 Å². The van der Waals surface area contributed by atoms with Gasteiger partial charge in [0.2, 0.25) is 0 Å². The van der Waals surface area contributed by atoms with E-state index in [0.717, 1.165) is 16.9 Å². The summed E-state index contributed by atoms with van der Waals surface area (Å²) in [6.45, 7) is 3.27. The summed E-state index contributed by atoms with van der Waals surface area (Å²) in [6, 6.07) is 9.15. The fourth-order valence-corrected chi connectivity index (χ4v) is 2.32. The molecule has 1 N–H and O–H groups in total. The van der Waals surface area contributed by atoms with E-state index in [2.05, 4.69) is 52.4 Å². The van der Waals surface area contributed by atoms with Crippen molar-refractivity contribution in [3.63, 3.8) is 0 Å². The molecule has 1 nitrogen and oxygen atoms in total. The molecular weight excluding hydrogens is 250 g/mol. The minimum absolute atomic E-state index is 0.650. The second-order valence-electron chi connectivity index (χ2n) is 4.59. The van der Waals surface area contributed by atoms with E-state index in [9.17, 15) is 0 Å². The Hall–Kier alpha value is -0.340. The molecule has 0 aliphatic heterocycles. The van der Waals surface area contributed by atoms with E-state index in [0.29, 0.717) is 6.04 Å². The average molecular weight is 268 g/mol. The summed E-state index contributed by atoms with van der Waals surface area (Å²) in [4.78, 5) is 0. The molecule has 1 aliphatic carbocycles. The first kappa shape index (κ1) is 11.2. The fourth-order valence-electron chi connectivity index (χ4n) is 1.88. The summed E-state index contributed by atoms with van der Waals surface area (Å²) < 4.78 is 1.16. The zero-order valence-corrected chi connectivity index (χ0v) is 10.8. The van der Waals surface area contributed by atoms with Crippen molar-refractivity contribution in [3.05, 3.63) is 34.3 Å². The van der Waals surface area contributed by atoms with E-state index in [1.807, 2.05) is 0 Å². The maximum Gasteiger partial charge on any atom is 0.0208 e. The van der Waals surface area contributed by atoms with Crippen molar-refractivity contribution in [2.75, 3.05) is 0 Å². The third kappa shape index (κ3) is 3.96. The summed E-state index contributed by atoms with van der Waals surface area (Å²) in [5.74, 6) is 1.01. The smallest absolute Gasteiger partial charge is 0.0208 e. The minimum atomic E-state index is 0.650. The lowest BCUT2D eigenvalue weighted by Gasteiger charge is -2.13. The molecule has 1 aromatic rings. The first-order valence-electron chi connectivity index (χ1n) is 5.72. The zero-order valence-electron chi connectivity index (χ0n) is 9.17. The second-order valence-corrected chi connectivity index (χ2v) is 5.51. The predicted octanol–water partition coefficient (Wildman–Crippen LogP) is 3.73. The van der Waals surface area contributed by atoms with Crippen LogP contribution in [0.3, 0.4) is 0 Å². The number of hydrogen-bond acceptors (Lipinski definition) is 1. The third-order valence-corrected chi connectivity index (χ3v) is 3.42. The lowest BCUT2D eigenvalue weighted by Crippen LogP contribution is -2.25. The van der Waals surface area contributed by atoms with Crippen LogP contribution in [0.1, 0.15) is 31.7 Å². The standard InChI is InChI=1S/C13H18BrN/c1-10(7-11-5-6-11)15-9-12-3-2-4-13(14)8-12/h2-4,8,10-11,15H,5-7,9H2,1H3. The van der Waals surface area contributed by atoms with Crippen LogP contribution in [0.5, 0.6) is 0 Å². The molecule has 1 unspecified atom stereocenters. The van der Waals surface area contributed by atoms with Crippen LogP contribution in [-0.2, 0) is 6.54 Å². The van der Waals surface area contributed by atoms with Crippen LogP contribution in [0.2, 0.25) is 0 Å². The molecule has 1 aliphatic rings. The molecule has 15 heavy (non-hydrogen) atoms. The Kier molecular flexibility index (Phi) is 3.81. The molecule has 1 saturated carbocycles. The van der Waals surface area contributed by atoms with Gasteiger partial charge in [0.25, 0.3) is 0 Å². The van der Waals surface area contributed by atoms with Crippen LogP contribution in [0.15, 0.2) is 28.7 Å². The van der Waals surface area contributed by atoms with E-state index in [1.165, 1.54) is 24.8 Å². The van der Waals surface area contributed by atoms with Crippen LogP contribution in [-0.4, -0.2) is 6.04 Å². The van der Waals surface area contributed by atoms with Gasteiger partial charge in [0.05, 0.1) is 0 Å². The van der Waals surface area contributed by atoms with Crippen LogP contribution in [0, 0.1) is 5.92 Å². The van der Waals surface area contributed by atoms with Crippen molar-refractivity contribution in [1.29, 1.82) is 0 Å². The Morgan fingerprint density at radius 2 is 2.27 bits per heavy atom. The van der Waals surface area contributed by atoms with Gasteiger partial charge >= 0.3 is 0 Å². The second kappa shape index (κ2) is 5.13. The van der Waals surface area contributed by atoms with Crippen LogP contribution < -0.4 is 5.32 Å². The lowest BCUT2D eigenvalue weighted by atomic mass is 10.1. The maximum absolute atomic E-state index is 3.58. The van der Waals surface area contributed by atoms with Gasteiger partial charge in [-0.05, 0) is 37.0 Å². The lowest BCUT2D eigenvalue weighted by molar-refractivity contribution is 0.487. The fraction of sp³-hybridized carbons (Fsp3) is 0.538. The monoisotopic (exact) mass is 267 g/mol. The van der Waals surface area contributed by atoms with Gasteiger partial charge in [0.15, 0.2) is 0 Å². The zero-order chi connectivity index (χ0) is 10.7. The molecule has 2 rings (SSSR count). The third-order valence-electron chi connectivity index (χ3n) is 2.93. The molecule has 0 aromatic heterocycles. The summed E-state index contributed by atoms with van der Waals surface area (Å²) in [6.07, 6.45) is 4.24. The highest BCUT2D eigenvalue weighted by atomic mass is 79.9. The van der Waals surface area contributed by atoms with E-state index in [-0.39, 0.29) is 0 Å². The van der Waals surface area contributed by atoms with Gasteiger partial charge in [-0.3, -0.25) is 0 Å². The predicted molar refractivity (Wildman–Crippen MR) is 67.8 cm³/mol. The minimum Gasteiger partial charge on any atom is -0.310 e. The topological polar surface area (TPSA) is 12.0 Å². The van der Waals surface area contributed by atoms with Crippen LogP contribution >= 0.6 is 15.9 Å². The molecule has 1 atom stereocenters. The molecule has 1 fully saturated rings. The van der Waals surface area contributed by atoms with Crippen LogP contribution in [0.4, 0.5) is 0 Å². The summed E-state index contributed by atoms with van der Waals surface area (Å²) in [5.41, 5.74) is 1.35. The van der Waals surface area contributed by atoms with Crippen molar-refractivity contribution < 1.29 is 0 Å². The summed E-state index contributed by atoms with van der Waals surface area (Å²) in [7, 11) is 0. The number of nitrogens with one attached hydrogen (secondary N) is 1. The number of halogens is 1. The Bertz CT molecular complexity index is 320. The van der Waals surface area contributed by atoms with Crippen molar-refractivity contribution in [3.8, 4) is 0 Å². The Morgan fingerprint density at radius 1 is 1.47 bits per heavy atom. The molecule has 0 heterocycles. The Morgan fingerprint density at radius 3 is 2.93 bits per heavy atom. The molecule has 0 radical (unpaired) electrons. The van der Waals surface area contributed by atoms with Gasteiger partial charge in [0, 0.05) is 17.1 Å². The Labute approximate surface area is 100 Å². The first-order chi connectivity index (χ1) is 7.24. The van der Waals surface area contributed by atoms with E-state index in [1.54, 1.807) is 0 Å². The molecule has 1 aromatic carbocycles. The maximum atomic E-state index is 3.58. The molecule has 0 spiro atoms.